The second kappa shape index (κ2) is 3.72. The smallest absolute Gasteiger partial charge is 0.173 e. The van der Waals surface area contributed by atoms with E-state index in [9.17, 15) is 4.79 Å². The zero-order valence-electron chi connectivity index (χ0n) is 11.2. The van der Waals surface area contributed by atoms with Gasteiger partial charge in [0.25, 0.3) is 0 Å². The Morgan fingerprint density at radius 1 is 1.32 bits per heavy atom. The van der Waals surface area contributed by atoms with Gasteiger partial charge in [0.15, 0.2) is 5.78 Å². The minimum Gasteiger partial charge on any atom is -0.496 e. The normalized spacial score (nSPS) is 34.9. The fourth-order valence-corrected chi connectivity index (χ4v) is 4.44. The molecule has 3 aliphatic carbocycles. The first kappa shape index (κ1) is 11.3. The monoisotopic (exact) mass is 254 g/mol. The molecule has 2 bridgehead atoms. The average molecular weight is 254 g/mol. The van der Waals surface area contributed by atoms with E-state index >= 15 is 0 Å². The van der Waals surface area contributed by atoms with Crippen LogP contribution in [0.15, 0.2) is 30.4 Å². The number of aryl methyl sites for hydroxylation is 1. The van der Waals surface area contributed by atoms with E-state index in [1.54, 1.807) is 7.11 Å². The Labute approximate surface area is 113 Å². The maximum atomic E-state index is 13.1. The summed E-state index contributed by atoms with van der Waals surface area (Å²) < 4.78 is 5.43. The second-order valence-corrected chi connectivity index (χ2v) is 6.17. The summed E-state index contributed by atoms with van der Waals surface area (Å²) in [6, 6.07) is 5.98. The molecular weight excluding hydrogens is 236 g/mol. The first-order valence-corrected chi connectivity index (χ1v) is 7.13. The quantitative estimate of drug-likeness (QED) is 0.718. The largest absolute Gasteiger partial charge is 0.496 e. The van der Waals surface area contributed by atoms with Crippen molar-refractivity contribution in [2.75, 3.05) is 7.11 Å². The minimum atomic E-state index is -0.124. The van der Waals surface area contributed by atoms with Gasteiger partial charge in [-0.1, -0.05) is 24.3 Å². The Morgan fingerprint density at radius 3 is 2.89 bits per heavy atom. The minimum absolute atomic E-state index is 0.124. The van der Waals surface area contributed by atoms with Gasteiger partial charge in [0, 0.05) is 5.41 Å². The lowest BCUT2D eigenvalue weighted by atomic mass is 9.63. The number of carbonyl (C=O) groups is 1. The van der Waals surface area contributed by atoms with Gasteiger partial charge in [0.05, 0.1) is 12.7 Å². The Kier molecular flexibility index (Phi) is 2.21. The predicted molar refractivity (Wildman–Crippen MR) is 73.4 cm³/mol. The molecule has 1 fully saturated rings. The summed E-state index contributed by atoms with van der Waals surface area (Å²) >= 11 is 0. The predicted octanol–water partition coefficient (Wildman–Crippen LogP) is 3.41. The van der Waals surface area contributed by atoms with Gasteiger partial charge in [-0.25, -0.2) is 0 Å². The SMILES string of the molecule is COc1cccc2c1C(=O)C1(CC2)CC2C=CC1C2. The summed E-state index contributed by atoms with van der Waals surface area (Å²) in [7, 11) is 1.66. The molecular formula is C17H18O2. The van der Waals surface area contributed by atoms with Crippen molar-refractivity contribution in [3.8, 4) is 5.75 Å². The third kappa shape index (κ3) is 1.35. The van der Waals surface area contributed by atoms with Crippen LogP contribution in [0.25, 0.3) is 0 Å². The lowest BCUT2D eigenvalue weighted by molar-refractivity contribution is 0.0698. The molecule has 0 heterocycles. The van der Waals surface area contributed by atoms with Gasteiger partial charge in [0.1, 0.15) is 5.75 Å². The average Bonchev–Trinajstić information content (AvgIpc) is 3.04. The van der Waals surface area contributed by atoms with Crippen molar-refractivity contribution in [1.29, 1.82) is 0 Å². The molecule has 0 aromatic heterocycles. The van der Waals surface area contributed by atoms with E-state index in [1.807, 2.05) is 12.1 Å². The molecule has 1 aromatic rings. The molecule has 1 spiro atoms. The van der Waals surface area contributed by atoms with Crippen molar-refractivity contribution in [1.82, 2.24) is 0 Å². The number of hydrogen-bond donors (Lipinski definition) is 0. The molecule has 3 unspecified atom stereocenters. The van der Waals surface area contributed by atoms with E-state index < -0.39 is 0 Å². The molecule has 2 heteroatoms. The van der Waals surface area contributed by atoms with Gasteiger partial charge in [0.2, 0.25) is 0 Å². The van der Waals surface area contributed by atoms with Crippen molar-refractivity contribution in [2.24, 2.45) is 17.3 Å². The van der Waals surface area contributed by atoms with E-state index in [1.165, 1.54) is 12.0 Å². The Balaban J connectivity index is 1.85. The van der Waals surface area contributed by atoms with Crippen LogP contribution in [0.1, 0.15) is 35.2 Å². The lowest BCUT2D eigenvalue weighted by Gasteiger charge is -2.38. The Morgan fingerprint density at radius 2 is 2.21 bits per heavy atom. The third-order valence-electron chi connectivity index (χ3n) is 5.36. The van der Waals surface area contributed by atoms with Crippen LogP contribution in [0.3, 0.4) is 0 Å². The molecule has 0 saturated heterocycles. The Hall–Kier alpha value is -1.57. The van der Waals surface area contributed by atoms with E-state index in [-0.39, 0.29) is 5.41 Å². The molecule has 0 amide bonds. The van der Waals surface area contributed by atoms with E-state index in [0.29, 0.717) is 17.6 Å². The number of methoxy groups -OCH3 is 1. The number of hydrogen-bond acceptors (Lipinski definition) is 2. The highest BCUT2D eigenvalue weighted by atomic mass is 16.5. The van der Waals surface area contributed by atoms with Gasteiger partial charge >= 0.3 is 0 Å². The summed E-state index contributed by atoms with van der Waals surface area (Å²) in [6.45, 7) is 0. The third-order valence-corrected chi connectivity index (χ3v) is 5.36. The summed E-state index contributed by atoms with van der Waals surface area (Å²) in [6.07, 6.45) is 8.83. The molecule has 3 aliphatic rings. The highest BCUT2D eigenvalue weighted by molar-refractivity contribution is 6.05. The number of Topliss-reactive ketones (excluding diaryl/α,β-unsaturated/α-hetero) is 1. The van der Waals surface area contributed by atoms with Crippen LogP contribution in [0, 0.1) is 17.3 Å². The molecule has 0 N–H and O–H groups in total. The Bertz CT molecular complexity index is 573. The van der Waals surface area contributed by atoms with Crippen LogP contribution < -0.4 is 4.74 Å². The molecule has 3 atom stereocenters. The first-order valence-electron chi connectivity index (χ1n) is 7.13. The highest BCUT2D eigenvalue weighted by Crippen LogP contribution is 2.58. The lowest BCUT2D eigenvalue weighted by Crippen LogP contribution is -2.39. The fraction of sp³-hybridized carbons (Fsp3) is 0.471. The van der Waals surface area contributed by atoms with Crippen LogP contribution in [0.2, 0.25) is 0 Å². The second-order valence-electron chi connectivity index (χ2n) is 6.17. The highest BCUT2D eigenvalue weighted by Gasteiger charge is 2.55. The van der Waals surface area contributed by atoms with Crippen molar-refractivity contribution in [3.63, 3.8) is 0 Å². The zero-order chi connectivity index (χ0) is 13.0. The van der Waals surface area contributed by atoms with Crippen molar-refractivity contribution in [3.05, 3.63) is 41.5 Å². The zero-order valence-corrected chi connectivity index (χ0v) is 11.2. The molecule has 98 valence electrons. The maximum Gasteiger partial charge on any atom is 0.173 e. The molecule has 2 nitrogen and oxygen atoms in total. The molecule has 0 radical (unpaired) electrons. The number of allylic oxidation sites excluding steroid dienone is 2. The summed E-state index contributed by atoms with van der Waals surface area (Å²) in [4.78, 5) is 13.1. The van der Waals surface area contributed by atoms with Crippen LogP contribution in [0.5, 0.6) is 5.75 Å². The number of ketones is 1. The topological polar surface area (TPSA) is 26.3 Å². The molecule has 4 rings (SSSR count). The molecule has 0 aliphatic heterocycles. The van der Waals surface area contributed by atoms with Gasteiger partial charge in [-0.2, -0.15) is 0 Å². The molecule has 19 heavy (non-hydrogen) atoms. The van der Waals surface area contributed by atoms with Crippen LogP contribution in [-0.2, 0) is 6.42 Å². The molecule has 1 aromatic carbocycles. The van der Waals surface area contributed by atoms with E-state index in [4.69, 9.17) is 4.74 Å². The van der Waals surface area contributed by atoms with Crippen molar-refractivity contribution in [2.45, 2.75) is 25.7 Å². The summed E-state index contributed by atoms with van der Waals surface area (Å²) in [5.41, 5.74) is 1.90. The summed E-state index contributed by atoms with van der Waals surface area (Å²) in [5, 5.41) is 0. The number of benzene rings is 1. The number of ether oxygens (including phenoxy) is 1. The van der Waals surface area contributed by atoms with E-state index in [2.05, 4.69) is 18.2 Å². The van der Waals surface area contributed by atoms with Gasteiger partial charge in [-0.3, -0.25) is 4.79 Å². The van der Waals surface area contributed by atoms with Crippen LogP contribution >= 0.6 is 0 Å². The standard InChI is InChI=1S/C17H18O2/c1-19-14-4-2-3-12-7-8-17(16(18)15(12)14)10-11-5-6-13(17)9-11/h2-6,11,13H,7-10H2,1H3. The van der Waals surface area contributed by atoms with Gasteiger partial charge < -0.3 is 4.74 Å². The fourth-order valence-electron chi connectivity index (χ4n) is 4.44. The number of fused-ring (bicyclic) bond motifs is 4. The van der Waals surface area contributed by atoms with Crippen molar-refractivity contribution < 1.29 is 9.53 Å². The first-order chi connectivity index (χ1) is 9.24. The van der Waals surface area contributed by atoms with Gasteiger partial charge in [-0.15, -0.1) is 0 Å². The van der Waals surface area contributed by atoms with E-state index in [0.717, 1.165) is 30.6 Å². The van der Waals surface area contributed by atoms with Crippen LogP contribution in [-0.4, -0.2) is 12.9 Å². The van der Waals surface area contributed by atoms with Crippen molar-refractivity contribution >= 4 is 5.78 Å². The van der Waals surface area contributed by atoms with Gasteiger partial charge in [-0.05, 0) is 49.1 Å². The number of rotatable bonds is 1. The molecule has 1 saturated carbocycles. The summed E-state index contributed by atoms with van der Waals surface area (Å²) in [5.74, 6) is 2.18. The maximum absolute atomic E-state index is 13.1. The number of carbonyl (C=O) groups excluding carboxylic acids is 1. The van der Waals surface area contributed by atoms with Crippen LogP contribution in [0.4, 0.5) is 0 Å².